The van der Waals surface area contributed by atoms with Crippen LogP contribution in [-0.4, -0.2) is 61.0 Å². The maximum Gasteiger partial charge on any atom is 0.407 e. The van der Waals surface area contributed by atoms with Gasteiger partial charge in [0.15, 0.2) is 6.61 Å². The van der Waals surface area contributed by atoms with Gasteiger partial charge in [0.2, 0.25) is 5.91 Å². The van der Waals surface area contributed by atoms with Crippen LogP contribution in [0.25, 0.3) is 11.1 Å². The second-order valence-electron chi connectivity index (χ2n) is 13.8. The van der Waals surface area contributed by atoms with E-state index in [1.54, 1.807) is 7.11 Å². The number of nitrogens with zero attached hydrogens (tertiary/aromatic N) is 3. The minimum Gasteiger partial charge on any atom is -0.496 e. The molecule has 3 amide bonds. The highest BCUT2D eigenvalue weighted by Gasteiger charge is 2.33. The van der Waals surface area contributed by atoms with Crippen LogP contribution < -0.4 is 20.3 Å². The molecule has 3 fully saturated rings. The number of hydrogen-bond acceptors (Lipinski definition) is 6. The topological polar surface area (TPSA) is 115 Å². The molecule has 1 aromatic heterocycles. The van der Waals surface area contributed by atoms with Crippen LogP contribution in [0, 0.1) is 18.8 Å². The maximum atomic E-state index is 14.4. The molecule has 0 aliphatic heterocycles. The molecule has 0 spiro atoms. The summed E-state index contributed by atoms with van der Waals surface area (Å²) < 4.78 is 12.4. The number of anilines is 1. The monoisotopic (exact) mass is 655 g/mol. The van der Waals surface area contributed by atoms with Gasteiger partial charge >= 0.3 is 6.09 Å². The van der Waals surface area contributed by atoms with E-state index in [4.69, 9.17) is 9.47 Å². The highest BCUT2D eigenvalue weighted by Crippen LogP contribution is 2.39. The van der Waals surface area contributed by atoms with Gasteiger partial charge in [-0.3, -0.25) is 14.3 Å². The number of aryl methyl sites for hydroxylation is 1. The Morgan fingerprint density at radius 2 is 1.71 bits per heavy atom. The molecule has 256 valence electrons. The number of carbonyl (C=O) groups excluding carboxylic acids is 3. The SMILES string of the molecule is CNC(=O)OCC(=O)N[C@H]1CC[C@H](C(=O)N(C[C@H]2CC[C@H](c3ccc(OC)c(C)c3)CC2)c2cccc(-c3cnn(C4CC4)c3)c2)CC1. The van der Waals surface area contributed by atoms with Gasteiger partial charge < -0.3 is 25.0 Å². The smallest absolute Gasteiger partial charge is 0.407 e. The molecular weight excluding hydrogens is 606 g/mol. The van der Waals surface area contributed by atoms with E-state index >= 15 is 0 Å². The summed E-state index contributed by atoms with van der Waals surface area (Å²) in [7, 11) is 3.17. The molecule has 0 saturated heterocycles. The van der Waals surface area contributed by atoms with Crippen LogP contribution in [0.5, 0.6) is 5.75 Å². The van der Waals surface area contributed by atoms with Crippen molar-refractivity contribution in [2.24, 2.45) is 11.8 Å². The highest BCUT2D eigenvalue weighted by molar-refractivity contribution is 5.95. The lowest BCUT2D eigenvalue weighted by Crippen LogP contribution is -2.45. The molecule has 0 bridgehead atoms. The first-order valence-electron chi connectivity index (χ1n) is 17.6. The first kappa shape index (κ1) is 33.6. The van der Waals surface area contributed by atoms with Crippen molar-refractivity contribution < 1.29 is 23.9 Å². The van der Waals surface area contributed by atoms with E-state index in [1.807, 2.05) is 6.20 Å². The molecule has 2 aromatic carbocycles. The largest absolute Gasteiger partial charge is 0.496 e. The number of hydrogen-bond donors (Lipinski definition) is 2. The molecule has 6 rings (SSSR count). The van der Waals surface area contributed by atoms with Crippen LogP contribution >= 0.6 is 0 Å². The second kappa shape index (κ2) is 15.3. The molecule has 0 unspecified atom stereocenters. The summed E-state index contributed by atoms with van der Waals surface area (Å²) in [4.78, 5) is 40.1. The maximum absolute atomic E-state index is 14.4. The molecule has 0 atom stereocenters. The molecule has 3 saturated carbocycles. The van der Waals surface area contributed by atoms with Crippen LogP contribution in [0.15, 0.2) is 54.9 Å². The number of nitrogens with one attached hydrogen (secondary N) is 2. The van der Waals surface area contributed by atoms with Gasteiger partial charge in [-0.05, 0) is 118 Å². The quantitative estimate of drug-likeness (QED) is 0.243. The third-order valence-electron chi connectivity index (χ3n) is 10.4. The molecule has 3 aromatic rings. The Bertz CT molecular complexity index is 1580. The summed E-state index contributed by atoms with van der Waals surface area (Å²) in [5.74, 6) is 1.60. The zero-order chi connectivity index (χ0) is 33.6. The normalized spacial score (nSPS) is 22.4. The standard InChI is InChI=1S/C38H49N5O5/c1-25-19-30(13-18-35(25)47-3)27-9-7-26(8-10-27)22-42(34-6-4-5-29(20-34)31-21-40-43(23-31)33-16-17-33)37(45)28-11-14-32(15-12-28)41-36(44)24-48-38(46)39-2/h4-6,13,18-21,23,26-28,32-33H,7-12,14-17,22,24H2,1-3H3,(H,39,46)(H,41,44)/t26-,27-,28-,32-. The van der Waals surface area contributed by atoms with Gasteiger partial charge in [0.1, 0.15) is 5.75 Å². The van der Waals surface area contributed by atoms with Crippen molar-refractivity contribution in [3.05, 3.63) is 66.0 Å². The molecule has 3 aliphatic rings. The minimum atomic E-state index is -0.635. The van der Waals surface area contributed by atoms with Crippen LogP contribution in [0.3, 0.4) is 0 Å². The zero-order valence-electron chi connectivity index (χ0n) is 28.5. The van der Waals surface area contributed by atoms with Gasteiger partial charge in [-0.2, -0.15) is 5.10 Å². The van der Waals surface area contributed by atoms with Gasteiger partial charge in [-0.1, -0.05) is 24.3 Å². The molecular formula is C38H49N5O5. The minimum absolute atomic E-state index is 0.0357. The Morgan fingerprint density at radius 3 is 2.40 bits per heavy atom. The fraction of sp³-hybridized carbons (Fsp3) is 0.526. The number of alkyl carbamates (subject to hydrolysis) is 1. The van der Waals surface area contributed by atoms with E-state index < -0.39 is 6.09 Å². The fourth-order valence-corrected chi connectivity index (χ4v) is 7.47. The van der Waals surface area contributed by atoms with Crippen molar-refractivity contribution in [1.82, 2.24) is 20.4 Å². The van der Waals surface area contributed by atoms with E-state index in [0.29, 0.717) is 50.1 Å². The predicted octanol–water partition coefficient (Wildman–Crippen LogP) is 6.54. The van der Waals surface area contributed by atoms with Crippen LogP contribution in [0.2, 0.25) is 0 Å². The van der Waals surface area contributed by atoms with Crippen molar-refractivity contribution in [2.45, 2.75) is 89.1 Å². The number of ether oxygens (including phenoxy) is 2. The van der Waals surface area contributed by atoms with E-state index in [1.165, 1.54) is 31.0 Å². The van der Waals surface area contributed by atoms with Crippen molar-refractivity contribution in [3.63, 3.8) is 0 Å². The van der Waals surface area contributed by atoms with E-state index in [9.17, 15) is 14.4 Å². The molecule has 48 heavy (non-hydrogen) atoms. The number of carbonyl (C=O) groups is 3. The summed E-state index contributed by atoms with van der Waals surface area (Å²) in [5.41, 5.74) is 5.63. The number of aromatic nitrogens is 2. The lowest BCUT2D eigenvalue weighted by Gasteiger charge is -2.36. The van der Waals surface area contributed by atoms with Gasteiger partial charge in [-0.25, -0.2) is 4.79 Å². The predicted molar refractivity (Wildman–Crippen MR) is 185 cm³/mol. The van der Waals surface area contributed by atoms with E-state index in [-0.39, 0.29) is 30.4 Å². The summed E-state index contributed by atoms with van der Waals surface area (Å²) in [6.45, 7) is 2.49. The zero-order valence-corrected chi connectivity index (χ0v) is 28.5. The van der Waals surface area contributed by atoms with Gasteiger partial charge in [0.05, 0.1) is 19.3 Å². The number of methoxy groups -OCH3 is 1. The molecule has 10 nitrogen and oxygen atoms in total. The van der Waals surface area contributed by atoms with Crippen LogP contribution in [0.4, 0.5) is 10.5 Å². The molecule has 10 heteroatoms. The summed E-state index contributed by atoms with van der Waals surface area (Å²) in [5, 5.41) is 9.91. The highest BCUT2D eigenvalue weighted by atomic mass is 16.6. The van der Waals surface area contributed by atoms with Crippen molar-refractivity contribution in [2.75, 3.05) is 32.2 Å². The van der Waals surface area contributed by atoms with Crippen molar-refractivity contribution in [1.29, 1.82) is 0 Å². The van der Waals surface area contributed by atoms with Gasteiger partial charge in [0, 0.05) is 43.0 Å². The Hall–Kier alpha value is -4.34. The number of benzene rings is 2. The molecule has 1 heterocycles. The summed E-state index contributed by atoms with van der Waals surface area (Å²) in [6, 6.07) is 15.4. The Labute approximate surface area is 283 Å². The average Bonchev–Trinajstić information content (AvgIpc) is 3.85. The first-order chi connectivity index (χ1) is 23.3. The van der Waals surface area contributed by atoms with E-state index in [2.05, 4.69) is 80.9 Å². The van der Waals surface area contributed by atoms with Crippen LogP contribution in [0.1, 0.15) is 87.3 Å². The summed E-state index contributed by atoms with van der Waals surface area (Å²) >= 11 is 0. The van der Waals surface area contributed by atoms with Gasteiger partial charge in [0.25, 0.3) is 5.91 Å². The summed E-state index contributed by atoms with van der Waals surface area (Å²) in [6.07, 6.45) is 13.0. The lowest BCUT2D eigenvalue weighted by atomic mass is 9.78. The Balaban J connectivity index is 1.13. The second-order valence-corrected chi connectivity index (χ2v) is 13.8. The van der Waals surface area contributed by atoms with Crippen molar-refractivity contribution in [3.8, 4) is 16.9 Å². The Morgan fingerprint density at radius 1 is 0.938 bits per heavy atom. The molecule has 3 aliphatic carbocycles. The fourth-order valence-electron chi connectivity index (χ4n) is 7.47. The first-order valence-corrected chi connectivity index (χ1v) is 17.6. The lowest BCUT2D eigenvalue weighted by molar-refractivity contribution is -0.125. The molecule has 2 N–H and O–H groups in total. The Kier molecular flexibility index (Phi) is 10.7. The third kappa shape index (κ3) is 8.20. The molecule has 0 radical (unpaired) electrons. The third-order valence-corrected chi connectivity index (χ3v) is 10.4. The van der Waals surface area contributed by atoms with Crippen LogP contribution in [-0.2, 0) is 14.3 Å². The van der Waals surface area contributed by atoms with Gasteiger partial charge in [-0.15, -0.1) is 0 Å². The number of amides is 3. The van der Waals surface area contributed by atoms with Crippen molar-refractivity contribution >= 4 is 23.6 Å². The average molecular weight is 656 g/mol. The van der Waals surface area contributed by atoms with E-state index in [0.717, 1.165) is 48.2 Å². The number of rotatable bonds is 11.